The molecule has 1 aliphatic rings. The smallest absolute Gasteiger partial charge is 0.256 e. The van der Waals surface area contributed by atoms with Crippen molar-refractivity contribution in [3.8, 4) is 22.3 Å². The molecule has 3 aromatic heterocycles. The van der Waals surface area contributed by atoms with E-state index in [1.165, 1.54) is 0 Å². The molecule has 2 atom stereocenters. The number of H-pyrrole nitrogens is 1. The molecule has 0 saturated heterocycles. The molecule has 0 aliphatic carbocycles. The molecular weight excluding hydrogens is 622 g/mol. The number of aromatic amines is 1. The van der Waals surface area contributed by atoms with Gasteiger partial charge >= 0.3 is 0 Å². The lowest BCUT2D eigenvalue weighted by Crippen LogP contribution is -2.26. The number of carbonyl (C=O) groups excluding carboxylic acids is 2. The lowest BCUT2D eigenvalue weighted by Gasteiger charge is -2.29. The second kappa shape index (κ2) is 17.2. The number of amides is 2. The second-order valence-electron chi connectivity index (χ2n) is 12.0. The first-order valence-electron chi connectivity index (χ1n) is 16.3. The number of hydrogen-bond donors (Lipinski definition) is 2. The standard InChI is InChI=1S/C17H16N2O.C17H14N2O.C8H9NO/c2*1-12-11-15(13-7-9-18-10-8-13)16(17(20)19-12)14-5-3-2-4-6-14;9-8(10)6-7-4-2-1-3-5-7/h2-10,15-16H,11H2,1H3;2-11H,1H3,(H,19,20);1-5H,6H2,(H2,9,10). The molecule has 0 bridgehead atoms. The highest BCUT2D eigenvalue weighted by molar-refractivity contribution is 6.01. The van der Waals surface area contributed by atoms with Gasteiger partial charge in [-0.05, 0) is 84.0 Å². The molecule has 7 rings (SSSR count). The van der Waals surface area contributed by atoms with E-state index in [2.05, 4.69) is 19.9 Å². The van der Waals surface area contributed by atoms with Crippen LogP contribution in [0.25, 0.3) is 22.3 Å². The van der Waals surface area contributed by atoms with E-state index in [0.29, 0.717) is 12.0 Å². The Morgan fingerprint density at radius 3 is 1.88 bits per heavy atom. The van der Waals surface area contributed by atoms with Crippen LogP contribution in [0.1, 0.15) is 47.6 Å². The minimum Gasteiger partial charge on any atom is -0.369 e. The average Bonchev–Trinajstić information content (AvgIpc) is 3.13. The monoisotopic (exact) mass is 661 g/mol. The van der Waals surface area contributed by atoms with Crippen LogP contribution in [0.3, 0.4) is 0 Å². The number of aliphatic imine (C=N–C) groups is 1. The second-order valence-corrected chi connectivity index (χ2v) is 12.0. The van der Waals surface area contributed by atoms with E-state index in [4.69, 9.17) is 5.73 Å². The van der Waals surface area contributed by atoms with Gasteiger partial charge in [0.15, 0.2) is 0 Å². The number of nitrogens with two attached hydrogens (primary N) is 1. The summed E-state index contributed by atoms with van der Waals surface area (Å²) in [7, 11) is 0. The van der Waals surface area contributed by atoms with Crippen molar-refractivity contribution in [1.29, 1.82) is 0 Å². The Hall–Kier alpha value is -6.28. The first-order valence-corrected chi connectivity index (χ1v) is 16.3. The van der Waals surface area contributed by atoms with Crippen molar-refractivity contribution in [2.24, 2.45) is 10.7 Å². The van der Waals surface area contributed by atoms with E-state index in [1.54, 1.807) is 24.8 Å². The zero-order chi connectivity index (χ0) is 35.3. The fourth-order valence-corrected chi connectivity index (χ4v) is 6.00. The van der Waals surface area contributed by atoms with E-state index in [0.717, 1.165) is 51.2 Å². The molecule has 50 heavy (non-hydrogen) atoms. The zero-order valence-corrected chi connectivity index (χ0v) is 28.1. The molecule has 0 spiro atoms. The van der Waals surface area contributed by atoms with Crippen molar-refractivity contribution in [3.63, 3.8) is 0 Å². The molecule has 2 amide bonds. The van der Waals surface area contributed by atoms with Crippen LogP contribution in [-0.2, 0) is 16.0 Å². The first-order chi connectivity index (χ1) is 24.3. The van der Waals surface area contributed by atoms with Crippen LogP contribution in [0.4, 0.5) is 0 Å². The summed E-state index contributed by atoms with van der Waals surface area (Å²) >= 11 is 0. The lowest BCUT2D eigenvalue weighted by atomic mass is 9.76. The topological polar surface area (TPSA) is 131 Å². The number of aromatic nitrogens is 3. The maximum atomic E-state index is 12.4. The SMILES string of the molecule is CC1=NC(=O)C(c2ccccc2)C(c2ccncc2)C1.Cc1cc(-c2ccncc2)c(-c2ccccc2)c(=O)[nH]1.NC(=O)Cc1ccccc1. The largest absolute Gasteiger partial charge is 0.369 e. The summed E-state index contributed by atoms with van der Waals surface area (Å²) in [6.07, 6.45) is 8.18. The molecule has 8 heteroatoms. The van der Waals surface area contributed by atoms with Crippen molar-refractivity contribution in [3.05, 3.63) is 179 Å². The molecular formula is C42H39N5O3. The van der Waals surface area contributed by atoms with Crippen molar-refractivity contribution in [2.75, 3.05) is 0 Å². The number of nitrogens with zero attached hydrogens (tertiary/aromatic N) is 3. The van der Waals surface area contributed by atoms with Crippen molar-refractivity contribution >= 4 is 17.5 Å². The van der Waals surface area contributed by atoms with E-state index < -0.39 is 0 Å². The Labute approximate surface area is 291 Å². The summed E-state index contributed by atoms with van der Waals surface area (Å²) in [5.74, 6) is -0.374. The lowest BCUT2D eigenvalue weighted by molar-refractivity contribution is -0.120. The first kappa shape index (κ1) is 35.0. The molecule has 2 unspecified atom stereocenters. The number of rotatable bonds is 6. The van der Waals surface area contributed by atoms with Gasteiger partial charge < -0.3 is 10.7 Å². The maximum absolute atomic E-state index is 12.4. The normalized spacial score (nSPS) is 15.0. The average molecular weight is 662 g/mol. The molecule has 250 valence electrons. The Bertz CT molecular complexity index is 2080. The minimum atomic E-state index is -0.286. The zero-order valence-electron chi connectivity index (χ0n) is 28.1. The minimum absolute atomic E-state index is 0.0400. The number of benzene rings is 3. The van der Waals surface area contributed by atoms with Crippen molar-refractivity contribution < 1.29 is 9.59 Å². The number of primary amides is 1. The number of hydrogen-bond acceptors (Lipinski definition) is 5. The van der Waals surface area contributed by atoms with Crippen LogP contribution in [0, 0.1) is 6.92 Å². The molecule has 8 nitrogen and oxygen atoms in total. The third kappa shape index (κ3) is 9.41. The van der Waals surface area contributed by atoms with Gasteiger partial charge in [0.2, 0.25) is 5.91 Å². The molecule has 3 aromatic carbocycles. The number of nitrogens with one attached hydrogen (secondary N) is 1. The predicted octanol–water partition coefficient (Wildman–Crippen LogP) is 7.47. The molecule has 3 N–H and O–H groups in total. The van der Waals surface area contributed by atoms with Gasteiger partial charge in [-0.25, -0.2) is 4.99 Å². The van der Waals surface area contributed by atoms with Gasteiger partial charge in [0, 0.05) is 42.1 Å². The Morgan fingerprint density at radius 1 is 0.720 bits per heavy atom. The Balaban J connectivity index is 0.000000154. The summed E-state index contributed by atoms with van der Waals surface area (Å²) in [6, 6.07) is 38.9. The Kier molecular flexibility index (Phi) is 12.1. The van der Waals surface area contributed by atoms with Crippen LogP contribution in [0.5, 0.6) is 0 Å². The van der Waals surface area contributed by atoms with Gasteiger partial charge in [0.05, 0.1) is 17.9 Å². The maximum Gasteiger partial charge on any atom is 0.256 e. The molecule has 0 saturated carbocycles. The fraction of sp³-hybridized carbons (Fsp3) is 0.143. The summed E-state index contributed by atoms with van der Waals surface area (Å²) in [6.45, 7) is 3.81. The molecule has 0 fully saturated rings. The summed E-state index contributed by atoms with van der Waals surface area (Å²) < 4.78 is 0. The van der Waals surface area contributed by atoms with Crippen molar-refractivity contribution in [1.82, 2.24) is 15.0 Å². The van der Waals surface area contributed by atoms with Gasteiger partial charge in [-0.2, -0.15) is 0 Å². The van der Waals surface area contributed by atoms with Crippen LogP contribution < -0.4 is 11.3 Å². The highest BCUT2D eigenvalue weighted by Gasteiger charge is 2.34. The fourth-order valence-electron chi connectivity index (χ4n) is 6.00. The van der Waals surface area contributed by atoms with Crippen LogP contribution >= 0.6 is 0 Å². The quantitative estimate of drug-likeness (QED) is 0.191. The van der Waals surface area contributed by atoms with E-state index >= 15 is 0 Å². The van der Waals surface area contributed by atoms with Crippen LogP contribution in [-0.4, -0.2) is 32.5 Å². The molecule has 6 aromatic rings. The number of carbonyl (C=O) groups is 2. The van der Waals surface area contributed by atoms with Gasteiger partial charge in [-0.1, -0.05) is 91.0 Å². The molecule has 1 aliphatic heterocycles. The van der Waals surface area contributed by atoms with Gasteiger partial charge in [-0.15, -0.1) is 0 Å². The van der Waals surface area contributed by atoms with Gasteiger partial charge in [0.25, 0.3) is 11.5 Å². The van der Waals surface area contributed by atoms with Gasteiger partial charge in [-0.3, -0.25) is 24.4 Å². The number of pyridine rings is 3. The van der Waals surface area contributed by atoms with Crippen LogP contribution in [0.15, 0.2) is 156 Å². The predicted molar refractivity (Wildman–Crippen MR) is 199 cm³/mol. The molecule has 4 heterocycles. The highest BCUT2D eigenvalue weighted by atomic mass is 16.2. The summed E-state index contributed by atoms with van der Waals surface area (Å²) in [5.41, 5.74) is 13.4. The van der Waals surface area contributed by atoms with Gasteiger partial charge in [0.1, 0.15) is 0 Å². The highest BCUT2D eigenvalue weighted by Crippen LogP contribution is 2.39. The molecule has 0 radical (unpaired) electrons. The third-order valence-electron chi connectivity index (χ3n) is 8.22. The third-order valence-corrected chi connectivity index (χ3v) is 8.22. The summed E-state index contributed by atoms with van der Waals surface area (Å²) in [4.78, 5) is 50.3. The summed E-state index contributed by atoms with van der Waals surface area (Å²) in [5, 5.41) is 0. The van der Waals surface area contributed by atoms with E-state index in [-0.39, 0.29) is 29.2 Å². The van der Waals surface area contributed by atoms with Crippen LogP contribution in [0.2, 0.25) is 0 Å². The Morgan fingerprint density at radius 2 is 1.28 bits per heavy atom. The van der Waals surface area contributed by atoms with E-state index in [9.17, 15) is 14.4 Å². The number of aryl methyl sites for hydroxylation is 1. The van der Waals surface area contributed by atoms with Crippen molar-refractivity contribution in [2.45, 2.75) is 38.5 Å². The van der Waals surface area contributed by atoms with E-state index in [1.807, 2.05) is 135 Å².